The number of cyclic esters (lactones) is 1. The van der Waals surface area contributed by atoms with Gasteiger partial charge in [0.15, 0.2) is 0 Å². The van der Waals surface area contributed by atoms with Crippen molar-refractivity contribution in [3.63, 3.8) is 0 Å². The van der Waals surface area contributed by atoms with Crippen LogP contribution in [0, 0.1) is 12.8 Å². The normalized spacial score (nSPS) is 23.1. The van der Waals surface area contributed by atoms with Crippen LogP contribution in [0.4, 0.5) is 44.3 Å². The van der Waals surface area contributed by atoms with Gasteiger partial charge in [-0.2, -0.15) is 39.5 Å². The van der Waals surface area contributed by atoms with Crippen molar-refractivity contribution in [3.05, 3.63) is 94.0 Å². The molecule has 0 bridgehead atoms. The Bertz CT molecular complexity index is 1460. The number of amides is 1. The van der Waals surface area contributed by atoms with E-state index in [-0.39, 0.29) is 18.1 Å². The number of carbonyl (C=O) groups excluding carboxylic acids is 1. The average Bonchev–Trinajstić information content (AvgIpc) is 3.37. The summed E-state index contributed by atoms with van der Waals surface area (Å²) >= 11 is 0. The minimum absolute atomic E-state index is 0.0186. The highest BCUT2D eigenvalue weighted by Gasteiger charge is 2.54. The van der Waals surface area contributed by atoms with E-state index in [1.165, 1.54) is 6.07 Å². The SMILES string of the molecule is Cc1ccccc1-c1ccc(C(F)(F)F)cc1[C@@H]1C(C)C[C@H]2[C@@H](c3cc(C(F)(F)F)cc(C(F)(F)F)c3)OC(=O)N12. The Morgan fingerprint density at radius 1 is 0.756 bits per heavy atom. The molecule has 1 amide bonds. The molecule has 3 aromatic carbocycles. The number of alkyl halides is 9. The van der Waals surface area contributed by atoms with Crippen molar-refractivity contribution in [2.45, 2.75) is 57.0 Å². The number of halogens is 9. The van der Waals surface area contributed by atoms with Gasteiger partial charge in [-0.1, -0.05) is 37.3 Å². The van der Waals surface area contributed by atoms with Crippen LogP contribution in [0.2, 0.25) is 0 Å². The zero-order valence-corrected chi connectivity index (χ0v) is 21.5. The minimum atomic E-state index is -5.11. The zero-order valence-electron chi connectivity index (χ0n) is 21.5. The number of benzene rings is 3. The Kier molecular flexibility index (Phi) is 6.81. The third kappa shape index (κ3) is 5.24. The van der Waals surface area contributed by atoms with E-state index in [0.29, 0.717) is 23.3 Å². The lowest BCUT2D eigenvalue weighted by Gasteiger charge is -2.28. The van der Waals surface area contributed by atoms with Crippen LogP contribution >= 0.6 is 0 Å². The molecule has 5 rings (SSSR count). The fraction of sp³-hybridized carbons (Fsp3) is 0.345. The first-order valence-corrected chi connectivity index (χ1v) is 12.5. The monoisotopic (exact) mass is 587 g/mol. The van der Waals surface area contributed by atoms with Gasteiger partial charge in [-0.05, 0) is 77.4 Å². The smallest absolute Gasteiger partial charge is 0.416 e. The van der Waals surface area contributed by atoms with Gasteiger partial charge in [-0.3, -0.25) is 4.90 Å². The Morgan fingerprint density at radius 3 is 1.90 bits per heavy atom. The molecule has 4 atom stereocenters. The molecule has 218 valence electrons. The molecule has 2 aliphatic heterocycles. The predicted octanol–water partition coefficient (Wildman–Crippen LogP) is 9.36. The Labute approximate surface area is 228 Å². The summed E-state index contributed by atoms with van der Waals surface area (Å²) < 4.78 is 128. The molecule has 0 radical (unpaired) electrons. The first kappa shape index (κ1) is 28.8. The molecule has 12 heteroatoms. The van der Waals surface area contributed by atoms with Gasteiger partial charge in [0.1, 0.15) is 6.10 Å². The van der Waals surface area contributed by atoms with Crippen molar-refractivity contribution in [2.24, 2.45) is 5.92 Å². The topological polar surface area (TPSA) is 29.5 Å². The lowest BCUT2D eigenvalue weighted by atomic mass is 9.86. The van der Waals surface area contributed by atoms with Gasteiger partial charge >= 0.3 is 24.6 Å². The summed E-state index contributed by atoms with van der Waals surface area (Å²) in [5.74, 6) is -0.505. The summed E-state index contributed by atoms with van der Waals surface area (Å²) in [6.45, 7) is 3.44. The first-order chi connectivity index (χ1) is 19.0. The van der Waals surface area contributed by atoms with Gasteiger partial charge in [0.05, 0.1) is 28.8 Å². The fourth-order valence-electron chi connectivity index (χ4n) is 5.86. The van der Waals surface area contributed by atoms with Gasteiger partial charge in [-0.15, -0.1) is 0 Å². The molecule has 0 N–H and O–H groups in total. The summed E-state index contributed by atoms with van der Waals surface area (Å²) in [4.78, 5) is 14.3. The maximum absolute atomic E-state index is 13.8. The van der Waals surface area contributed by atoms with Crippen molar-refractivity contribution in [1.82, 2.24) is 4.90 Å². The highest BCUT2D eigenvalue weighted by Crippen LogP contribution is 2.53. The number of hydrogen-bond acceptors (Lipinski definition) is 2. The molecule has 2 fully saturated rings. The first-order valence-electron chi connectivity index (χ1n) is 12.5. The molecule has 3 nitrogen and oxygen atoms in total. The second kappa shape index (κ2) is 9.70. The van der Waals surface area contributed by atoms with E-state index in [1.807, 2.05) is 0 Å². The van der Waals surface area contributed by atoms with Crippen LogP contribution in [0.1, 0.15) is 58.9 Å². The number of fused-ring (bicyclic) bond motifs is 1. The number of aryl methyl sites for hydroxylation is 1. The standard InChI is InChI=1S/C29H22F9NO2/c1-14-5-3-4-6-20(14)21-8-7-17(27(30,31)32)13-22(21)24-15(2)9-23-25(41-26(40)39(23)24)16-10-18(28(33,34)35)12-19(11-16)29(36,37)38/h3-8,10-13,15,23-25H,9H2,1-2H3/t15?,23-,24-,25+/m0/s1. The van der Waals surface area contributed by atoms with E-state index >= 15 is 0 Å². The predicted molar refractivity (Wildman–Crippen MR) is 129 cm³/mol. The lowest BCUT2D eigenvalue weighted by Crippen LogP contribution is -2.32. The number of carbonyl (C=O) groups is 1. The van der Waals surface area contributed by atoms with Gasteiger partial charge < -0.3 is 4.74 Å². The zero-order chi connectivity index (χ0) is 30.1. The Morgan fingerprint density at radius 2 is 1.34 bits per heavy atom. The quantitative estimate of drug-likeness (QED) is 0.286. The molecule has 41 heavy (non-hydrogen) atoms. The van der Waals surface area contributed by atoms with Crippen molar-refractivity contribution in [2.75, 3.05) is 0 Å². The molecule has 2 saturated heterocycles. The fourth-order valence-corrected chi connectivity index (χ4v) is 5.86. The molecule has 0 aliphatic carbocycles. The van der Waals surface area contributed by atoms with E-state index in [0.717, 1.165) is 22.6 Å². The van der Waals surface area contributed by atoms with Gasteiger partial charge in [0, 0.05) is 0 Å². The summed E-state index contributed by atoms with van der Waals surface area (Å²) in [5.41, 5.74) is -2.63. The average molecular weight is 587 g/mol. The Balaban J connectivity index is 1.63. The number of ether oxygens (including phenoxy) is 1. The maximum atomic E-state index is 13.8. The molecular weight excluding hydrogens is 565 g/mol. The van der Waals surface area contributed by atoms with Gasteiger partial charge in [0.25, 0.3) is 0 Å². The van der Waals surface area contributed by atoms with Crippen LogP contribution in [-0.2, 0) is 23.3 Å². The highest BCUT2D eigenvalue weighted by molar-refractivity contribution is 5.76. The van der Waals surface area contributed by atoms with Crippen molar-refractivity contribution in [3.8, 4) is 11.1 Å². The molecule has 1 unspecified atom stereocenters. The van der Waals surface area contributed by atoms with E-state index in [4.69, 9.17) is 4.74 Å². The van der Waals surface area contributed by atoms with E-state index in [1.54, 1.807) is 38.1 Å². The molecule has 2 heterocycles. The molecule has 0 saturated carbocycles. The molecule has 0 spiro atoms. The second-order valence-corrected chi connectivity index (χ2v) is 10.4. The third-order valence-corrected chi connectivity index (χ3v) is 7.67. The van der Waals surface area contributed by atoms with Crippen molar-refractivity contribution in [1.29, 1.82) is 0 Å². The van der Waals surface area contributed by atoms with E-state index < -0.39 is 71.0 Å². The number of rotatable bonds is 3. The summed E-state index contributed by atoms with van der Waals surface area (Å²) in [5, 5.41) is 0. The summed E-state index contributed by atoms with van der Waals surface area (Å²) in [6.07, 6.45) is -17.4. The molecule has 2 aliphatic rings. The van der Waals surface area contributed by atoms with E-state index in [9.17, 15) is 44.3 Å². The van der Waals surface area contributed by atoms with E-state index in [2.05, 4.69) is 0 Å². The summed E-state index contributed by atoms with van der Waals surface area (Å²) in [6, 6.07) is 9.13. The minimum Gasteiger partial charge on any atom is -0.439 e. The number of hydrogen-bond donors (Lipinski definition) is 0. The highest BCUT2D eigenvalue weighted by atomic mass is 19.4. The van der Waals surface area contributed by atoms with Crippen LogP contribution in [0.25, 0.3) is 11.1 Å². The van der Waals surface area contributed by atoms with Crippen LogP contribution in [0.15, 0.2) is 60.7 Å². The third-order valence-electron chi connectivity index (χ3n) is 7.67. The van der Waals surface area contributed by atoms with Gasteiger partial charge in [-0.25, -0.2) is 4.79 Å². The maximum Gasteiger partial charge on any atom is 0.416 e. The molecule has 0 aromatic heterocycles. The van der Waals surface area contributed by atoms with Crippen LogP contribution in [0.5, 0.6) is 0 Å². The van der Waals surface area contributed by atoms with Crippen LogP contribution < -0.4 is 0 Å². The van der Waals surface area contributed by atoms with Crippen molar-refractivity contribution >= 4 is 6.09 Å². The van der Waals surface area contributed by atoms with Gasteiger partial charge in [0.2, 0.25) is 0 Å². The largest absolute Gasteiger partial charge is 0.439 e. The van der Waals surface area contributed by atoms with Crippen LogP contribution in [0.3, 0.4) is 0 Å². The van der Waals surface area contributed by atoms with Crippen LogP contribution in [-0.4, -0.2) is 17.0 Å². The molecular formula is C29H22F9NO2. The molecule has 3 aromatic rings. The van der Waals surface area contributed by atoms with Crippen molar-refractivity contribution < 1.29 is 49.0 Å². The second-order valence-electron chi connectivity index (χ2n) is 10.4. The summed E-state index contributed by atoms with van der Waals surface area (Å²) in [7, 11) is 0. The number of nitrogens with zero attached hydrogens (tertiary/aromatic N) is 1. The Hall–Kier alpha value is -3.70. The lowest BCUT2D eigenvalue weighted by molar-refractivity contribution is -0.143.